The van der Waals surface area contributed by atoms with E-state index in [-0.39, 0.29) is 31.0 Å². The summed E-state index contributed by atoms with van der Waals surface area (Å²) in [6.07, 6.45) is 23.4. The van der Waals surface area contributed by atoms with E-state index in [1.165, 1.54) is 57.8 Å². The van der Waals surface area contributed by atoms with Gasteiger partial charge in [-0.3, -0.25) is 14.4 Å². The number of nitrogens with one attached hydrogen (secondary N) is 1. The van der Waals surface area contributed by atoms with Gasteiger partial charge in [-0.2, -0.15) is 0 Å². The summed E-state index contributed by atoms with van der Waals surface area (Å²) >= 11 is 0. The van der Waals surface area contributed by atoms with E-state index in [0.29, 0.717) is 19.4 Å². The van der Waals surface area contributed by atoms with Gasteiger partial charge in [-0.1, -0.05) is 116 Å². The Hall–Kier alpha value is -1.93. The Bertz CT molecular complexity index is 834. The monoisotopic (exact) mass is 668 g/mol. The molecule has 0 aromatic heterocycles. The molecule has 0 aromatic rings. The molecule has 0 heterocycles. The van der Waals surface area contributed by atoms with Crippen LogP contribution < -0.4 is 5.32 Å². The van der Waals surface area contributed by atoms with Crippen molar-refractivity contribution in [2.24, 2.45) is 0 Å². The number of carbonyl (C=O) groups excluding carboxylic acids is 3. The topological polar surface area (TPSA) is 111 Å². The van der Waals surface area contributed by atoms with Gasteiger partial charge in [0.05, 0.1) is 37.2 Å². The molecular formula is C39H73NO7. The van der Waals surface area contributed by atoms with Crippen LogP contribution in [-0.2, 0) is 28.6 Å². The van der Waals surface area contributed by atoms with Crippen LogP contribution in [0.5, 0.6) is 0 Å². The number of aliphatic hydroxyl groups is 1. The quantitative estimate of drug-likeness (QED) is 0.0446. The van der Waals surface area contributed by atoms with Crippen LogP contribution in [0.25, 0.3) is 0 Å². The van der Waals surface area contributed by atoms with Crippen LogP contribution in [0.3, 0.4) is 0 Å². The second kappa shape index (κ2) is 28.0. The molecule has 0 aromatic carbocycles. The molecule has 276 valence electrons. The van der Waals surface area contributed by atoms with E-state index in [1.807, 2.05) is 40.7 Å². The molecule has 0 rings (SSSR count). The third kappa shape index (κ3) is 29.9. The highest BCUT2D eigenvalue weighted by Gasteiger charge is 2.25. The summed E-state index contributed by atoms with van der Waals surface area (Å²) in [5.41, 5.74) is -0.992. The zero-order valence-electron chi connectivity index (χ0n) is 31.5. The molecule has 8 heteroatoms. The predicted molar refractivity (Wildman–Crippen MR) is 192 cm³/mol. The second-order valence-corrected chi connectivity index (χ2v) is 14.7. The molecule has 8 nitrogen and oxygen atoms in total. The summed E-state index contributed by atoms with van der Waals surface area (Å²) < 4.78 is 16.7. The Labute approximate surface area is 288 Å². The zero-order valence-corrected chi connectivity index (χ0v) is 31.5. The SMILES string of the molecule is CCCCCCCCCCCCC/C=C/[C@@H](O)[C@H](COC(=O)CCC(=O)OC(C)(C)CCOC(C)(C)C)NC(=O)CCCCCCC. The fraction of sp³-hybridized carbons (Fsp3) is 0.872. The fourth-order valence-corrected chi connectivity index (χ4v) is 5.16. The molecule has 0 unspecified atom stereocenters. The van der Waals surface area contributed by atoms with Gasteiger partial charge in [-0.05, 0) is 53.9 Å². The van der Waals surface area contributed by atoms with Gasteiger partial charge in [0, 0.05) is 12.8 Å². The van der Waals surface area contributed by atoms with E-state index in [4.69, 9.17) is 14.2 Å². The second-order valence-electron chi connectivity index (χ2n) is 14.7. The van der Waals surface area contributed by atoms with E-state index in [1.54, 1.807) is 6.08 Å². The molecule has 0 aliphatic heterocycles. The molecule has 0 spiro atoms. The number of amides is 1. The van der Waals surface area contributed by atoms with Gasteiger partial charge in [0.2, 0.25) is 5.91 Å². The number of unbranched alkanes of at least 4 members (excludes halogenated alkanes) is 15. The lowest BCUT2D eigenvalue weighted by Crippen LogP contribution is -2.46. The highest BCUT2D eigenvalue weighted by molar-refractivity contribution is 5.78. The van der Waals surface area contributed by atoms with Gasteiger partial charge in [0.25, 0.3) is 0 Å². The van der Waals surface area contributed by atoms with Crippen LogP contribution in [0.2, 0.25) is 0 Å². The number of hydrogen-bond acceptors (Lipinski definition) is 7. The van der Waals surface area contributed by atoms with Gasteiger partial charge in [0.1, 0.15) is 12.2 Å². The highest BCUT2D eigenvalue weighted by atomic mass is 16.6. The Morgan fingerprint density at radius 2 is 1.21 bits per heavy atom. The minimum Gasteiger partial charge on any atom is -0.463 e. The molecule has 2 N–H and O–H groups in total. The number of hydrogen-bond donors (Lipinski definition) is 2. The molecular weight excluding hydrogens is 594 g/mol. The number of ether oxygens (including phenoxy) is 3. The van der Waals surface area contributed by atoms with E-state index in [9.17, 15) is 19.5 Å². The molecule has 1 amide bonds. The van der Waals surface area contributed by atoms with Crippen molar-refractivity contribution in [1.29, 1.82) is 0 Å². The largest absolute Gasteiger partial charge is 0.463 e. The van der Waals surface area contributed by atoms with Gasteiger partial charge in [-0.25, -0.2) is 0 Å². The van der Waals surface area contributed by atoms with Crippen LogP contribution >= 0.6 is 0 Å². The summed E-state index contributed by atoms with van der Waals surface area (Å²) in [7, 11) is 0. The van der Waals surface area contributed by atoms with Crippen LogP contribution in [0.15, 0.2) is 12.2 Å². The highest BCUT2D eigenvalue weighted by Crippen LogP contribution is 2.19. The van der Waals surface area contributed by atoms with Crippen LogP contribution in [0.1, 0.15) is 183 Å². The predicted octanol–water partition coefficient (Wildman–Crippen LogP) is 9.30. The average molecular weight is 668 g/mol. The maximum atomic E-state index is 12.6. The molecule has 0 radical (unpaired) electrons. The fourth-order valence-electron chi connectivity index (χ4n) is 5.16. The molecule has 0 aliphatic rings. The Balaban J connectivity index is 4.67. The van der Waals surface area contributed by atoms with E-state index in [0.717, 1.165) is 51.4 Å². The van der Waals surface area contributed by atoms with Gasteiger partial charge in [0.15, 0.2) is 0 Å². The number of aliphatic hydroxyl groups excluding tert-OH is 1. The lowest BCUT2D eigenvalue weighted by molar-refractivity contribution is -0.161. The third-order valence-corrected chi connectivity index (χ3v) is 8.16. The van der Waals surface area contributed by atoms with Crippen molar-refractivity contribution in [3.8, 4) is 0 Å². The minimum absolute atomic E-state index is 0.113. The first-order valence-corrected chi connectivity index (χ1v) is 18.9. The van der Waals surface area contributed by atoms with Gasteiger partial charge >= 0.3 is 11.9 Å². The number of rotatable bonds is 30. The summed E-state index contributed by atoms with van der Waals surface area (Å²) in [4.78, 5) is 37.6. The third-order valence-electron chi connectivity index (χ3n) is 8.16. The first-order valence-electron chi connectivity index (χ1n) is 18.9. The van der Waals surface area contributed by atoms with E-state index in [2.05, 4.69) is 19.2 Å². The van der Waals surface area contributed by atoms with Crippen molar-refractivity contribution in [2.75, 3.05) is 13.2 Å². The van der Waals surface area contributed by atoms with Crippen LogP contribution in [0, 0.1) is 0 Å². The summed E-state index contributed by atoms with van der Waals surface area (Å²) in [5.74, 6) is -1.23. The van der Waals surface area contributed by atoms with E-state index >= 15 is 0 Å². The average Bonchev–Trinajstić information content (AvgIpc) is 2.99. The van der Waals surface area contributed by atoms with E-state index < -0.39 is 29.7 Å². The smallest absolute Gasteiger partial charge is 0.306 e. The summed E-state index contributed by atoms with van der Waals surface area (Å²) in [6, 6.07) is -0.760. The lowest BCUT2D eigenvalue weighted by atomic mass is 10.0. The lowest BCUT2D eigenvalue weighted by Gasteiger charge is -2.27. The van der Waals surface area contributed by atoms with Gasteiger partial charge in [-0.15, -0.1) is 0 Å². The summed E-state index contributed by atoms with van der Waals surface area (Å²) in [5, 5.41) is 13.7. The van der Waals surface area contributed by atoms with Crippen molar-refractivity contribution >= 4 is 17.8 Å². The Morgan fingerprint density at radius 3 is 1.77 bits per heavy atom. The van der Waals surface area contributed by atoms with Crippen molar-refractivity contribution in [2.45, 2.75) is 207 Å². The molecule has 47 heavy (non-hydrogen) atoms. The van der Waals surface area contributed by atoms with Crippen LogP contribution in [-0.4, -0.2) is 59.5 Å². The number of allylic oxidation sites excluding steroid dienone is 1. The number of esters is 2. The molecule has 0 saturated carbocycles. The number of carbonyl (C=O) groups is 3. The molecule has 0 saturated heterocycles. The van der Waals surface area contributed by atoms with Crippen molar-refractivity contribution in [1.82, 2.24) is 5.32 Å². The maximum Gasteiger partial charge on any atom is 0.306 e. The summed E-state index contributed by atoms with van der Waals surface area (Å²) in [6.45, 7) is 14.2. The molecule has 2 atom stereocenters. The van der Waals surface area contributed by atoms with Gasteiger partial charge < -0.3 is 24.6 Å². The zero-order chi connectivity index (χ0) is 35.4. The maximum absolute atomic E-state index is 12.6. The van der Waals surface area contributed by atoms with Crippen molar-refractivity contribution in [3.05, 3.63) is 12.2 Å². The minimum atomic E-state index is -0.986. The van der Waals surface area contributed by atoms with Crippen molar-refractivity contribution < 1.29 is 33.7 Å². The molecule has 0 aliphatic carbocycles. The normalized spacial score (nSPS) is 13.4. The molecule has 0 fully saturated rings. The Kier molecular flexibility index (Phi) is 26.8. The Morgan fingerprint density at radius 1 is 0.702 bits per heavy atom. The molecule has 0 bridgehead atoms. The first kappa shape index (κ1) is 45.1. The standard InChI is InChI=1S/C39H73NO7/c1-8-10-12-14-15-16-17-18-19-20-21-23-24-26-34(41)33(40-35(42)27-25-22-13-11-9-2)32-45-36(43)28-29-37(44)47-39(6,7)30-31-46-38(3,4)5/h24,26,33-34,41H,8-23,25,27-32H2,1-7H3,(H,40,42)/b26-24+/t33-,34+/m0/s1. The first-order chi connectivity index (χ1) is 22.3. The van der Waals surface area contributed by atoms with Crippen LogP contribution in [0.4, 0.5) is 0 Å². The van der Waals surface area contributed by atoms with Crippen molar-refractivity contribution in [3.63, 3.8) is 0 Å².